The number of rotatable bonds is 4. The maximum atomic E-state index is 5.83. The summed E-state index contributed by atoms with van der Waals surface area (Å²) in [6.07, 6.45) is 0.425. The third-order valence-corrected chi connectivity index (χ3v) is 4.94. The van der Waals surface area contributed by atoms with Gasteiger partial charge in [0.1, 0.15) is 5.82 Å². The van der Waals surface area contributed by atoms with Gasteiger partial charge in [-0.15, -0.1) is 10.2 Å². The van der Waals surface area contributed by atoms with E-state index in [1.165, 1.54) is 0 Å². The van der Waals surface area contributed by atoms with Crippen LogP contribution in [0.4, 0.5) is 0 Å². The lowest BCUT2D eigenvalue weighted by atomic mass is 10.2. The van der Waals surface area contributed by atoms with Crippen LogP contribution in [0.25, 0.3) is 16.6 Å². The van der Waals surface area contributed by atoms with Crippen LogP contribution in [0.15, 0.2) is 12.1 Å². The van der Waals surface area contributed by atoms with Crippen molar-refractivity contribution in [2.45, 2.75) is 39.5 Å². The molecule has 2 aromatic heterocycles. The molecule has 0 N–H and O–H groups in total. The van der Waals surface area contributed by atoms with Crippen molar-refractivity contribution in [2.75, 3.05) is 27.3 Å². The molecule has 0 saturated carbocycles. The summed E-state index contributed by atoms with van der Waals surface area (Å²) < 4.78 is 18.7. The van der Waals surface area contributed by atoms with Crippen LogP contribution in [0.2, 0.25) is 0 Å². The lowest BCUT2D eigenvalue weighted by molar-refractivity contribution is -0.0711. The number of methoxy groups -OCH3 is 2. The molecule has 0 unspecified atom stereocenters. The smallest absolute Gasteiger partial charge is 0.171 e. The first-order valence-electron chi connectivity index (χ1n) is 9.14. The molecular weight excluding hydrogens is 346 g/mol. The molecule has 0 spiro atoms. The largest absolute Gasteiger partial charge is 0.493 e. The summed E-state index contributed by atoms with van der Waals surface area (Å²) in [4.78, 5) is 7.10. The minimum Gasteiger partial charge on any atom is -0.493 e. The Kier molecular flexibility index (Phi) is 4.61. The normalized spacial score (nSPS) is 21.1. The van der Waals surface area contributed by atoms with E-state index in [1.54, 1.807) is 14.2 Å². The summed E-state index contributed by atoms with van der Waals surface area (Å²) in [6, 6.07) is 3.79. The minimum atomic E-state index is 0.213. The number of aromatic nitrogens is 4. The second kappa shape index (κ2) is 6.94. The van der Waals surface area contributed by atoms with E-state index in [2.05, 4.69) is 28.9 Å². The molecule has 0 bridgehead atoms. The van der Waals surface area contributed by atoms with E-state index in [0.717, 1.165) is 41.3 Å². The predicted octanol–water partition coefficient (Wildman–Crippen LogP) is 2.21. The Hall–Kier alpha value is -2.45. The fourth-order valence-electron chi connectivity index (χ4n) is 3.91. The Balaban J connectivity index is 1.79. The molecule has 3 aromatic rings. The molecular formula is C19H25N5O3. The minimum absolute atomic E-state index is 0.213. The van der Waals surface area contributed by atoms with E-state index < -0.39 is 0 Å². The first kappa shape index (κ1) is 17.9. The second-order valence-electron chi connectivity index (χ2n) is 7.11. The van der Waals surface area contributed by atoms with Gasteiger partial charge in [0.15, 0.2) is 23.0 Å². The number of benzene rings is 1. The monoisotopic (exact) mass is 371 g/mol. The van der Waals surface area contributed by atoms with Crippen LogP contribution >= 0.6 is 0 Å². The Morgan fingerprint density at radius 3 is 2.41 bits per heavy atom. The molecule has 144 valence electrons. The summed E-state index contributed by atoms with van der Waals surface area (Å²) in [7, 11) is 3.24. The molecule has 1 fully saturated rings. The molecule has 1 aliphatic rings. The summed E-state index contributed by atoms with van der Waals surface area (Å²) >= 11 is 0. The van der Waals surface area contributed by atoms with Crippen LogP contribution in [0, 0.1) is 6.92 Å². The van der Waals surface area contributed by atoms with Crippen molar-refractivity contribution in [1.82, 2.24) is 24.5 Å². The summed E-state index contributed by atoms with van der Waals surface area (Å²) in [5.41, 5.74) is 1.59. The van der Waals surface area contributed by atoms with E-state index >= 15 is 0 Å². The van der Waals surface area contributed by atoms with Crippen molar-refractivity contribution in [2.24, 2.45) is 0 Å². The van der Waals surface area contributed by atoms with Gasteiger partial charge in [-0.1, -0.05) is 0 Å². The molecule has 8 nitrogen and oxygen atoms in total. The van der Waals surface area contributed by atoms with Gasteiger partial charge < -0.3 is 14.2 Å². The van der Waals surface area contributed by atoms with Crippen LogP contribution in [-0.2, 0) is 11.3 Å². The first-order chi connectivity index (χ1) is 13.0. The first-order valence-corrected chi connectivity index (χ1v) is 9.14. The molecule has 0 amide bonds. The van der Waals surface area contributed by atoms with Gasteiger partial charge in [0, 0.05) is 24.5 Å². The molecule has 1 aromatic carbocycles. The Morgan fingerprint density at radius 1 is 1.07 bits per heavy atom. The van der Waals surface area contributed by atoms with Gasteiger partial charge in [0.2, 0.25) is 0 Å². The average molecular weight is 371 g/mol. The molecule has 3 heterocycles. The lowest BCUT2D eigenvalue weighted by Gasteiger charge is -2.34. The number of hydrogen-bond acceptors (Lipinski definition) is 7. The SMILES string of the molecule is COc1cc2nc(C)n3c(CN4C[C@@H](C)O[C@@H](C)C4)nnc3c2cc1OC. The molecule has 0 aliphatic carbocycles. The van der Waals surface area contributed by atoms with Crippen molar-refractivity contribution in [1.29, 1.82) is 0 Å². The Morgan fingerprint density at radius 2 is 1.74 bits per heavy atom. The number of hydrogen-bond donors (Lipinski definition) is 0. The third kappa shape index (κ3) is 3.19. The highest BCUT2D eigenvalue weighted by Crippen LogP contribution is 2.33. The lowest BCUT2D eigenvalue weighted by Crippen LogP contribution is -2.45. The Labute approximate surface area is 158 Å². The molecule has 2 atom stereocenters. The predicted molar refractivity (Wildman–Crippen MR) is 101 cm³/mol. The molecule has 27 heavy (non-hydrogen) atoms. The van der Waals surface area contributed by atoms with E-state index in [4.69, 9.17) is 19.2 Å². The molecule has 1 aliphatic heterocycles. The number of aryl methyl sites for hydroxylation is 1. The molecule has 0 radical (unpaired) electrons. The van der Waals surface area contributed by atoms with Crippen LogP contribution in [-0.4, -0.2) is 64.0 Å². The zero-order valence-corrected chi connectivity index (χ0v) is 16.4. The molecule has 1 saturated heterocycles. The van der Waals surface area contributed by atoms with Crippen molar-refractivity contribution in [3.8, 4) is 11.5 Å². The van der Waals surface area contributed by atoms with E-state index in [1.807, 2.05) is 23.5 Å². The highest BCUT2D eigenvalue weighted by Gasteiger charge is 2.24. The van der Waals surface area contributed by atoms with Gasteiger partial charge in [0.25, 0.3) is 0 Å². The van der Waals surface area contributed by atoms with Gasteiger partial charge in [-0.3, -0.25) is 9.30 Å². The van der Waals surface area contributed by atoms with Crippen molar-refractivity contribution in [3.63, 3.8) is 0 Å². The molecule has 4 rings (SSSR count). The van der Waals surface area contributed by atoms with E-state index in [-0.39, 0.29) is 12.2 Å². The van der Waals surface area contributed by atoms with Crippen molar-refractivity contribution in [3.05, 3.63) is 23.8 Å². The van der Waals surface area contributed by atoms with E-state index in [0.29, 0.717) is 18.0 Å². The topological polar surface area (TPSA) is 74.0 Å². The van der Waals surface area contributed by atoms with E-state index in [9.17, 15) is 0 Å². The average Bonchev–Trinajstić information content (AvgIpc) is 3.04. The highest BCUT2D eigenvalue weighted by atomic mass is 16.5. The van der Waals surface area contributed by atoms with Crippen LogP contribution in [0.1, 0.15) is 25.5 Å². The summed E-state index contributed by atoms with van der Waals surface area (Å²) in [6.45, 7) is 8.64. The van der Waals surface area contributed by atoms with Gasteiger partial charge in [-0.2, -0.15) is 0 Å². The fraction of sp³-hybridized carbons (Fsp3) is 0.526. The number of fused-ring (bicyclic) bond motifs is 3. The van der Waals surface area contributed by atoms with Crippen molar-refractivity contribution < 1.29 is 14.2 Å². The highest BCUT2D eigenvalue weighted by molar-refractivity contribution is 5.93. The van der Waals surface area contributed by atoms with Gasteiger partial charge >= 0.3 is 0 Å². The summed E-state index contributed by atoms with van der Waals surface area (Å²) in [5.74, 6) is 3.03. The van der Waals surface area contributed by atoms with Crippen LogP contribution in [0.5, 0.6) is 11.5 Å². The van der Waals surface area contributed by atoms with Crippen LogP contribution in [0.3, 0.4) is 0 Å². The maximum Gasteiger partial charge on any atom is 0.171 e. The number of nitrogens with zero attached hydrogens (tertiary/aromatic N) is 5. The standard InChI is InChI=1S/C19H25N5O3/c1-11-8-23(9-12(2)27-11)10-18-21-22-19-14-6-16(25-4)17(26-5)7-15(14)20-13(3)24(18)19/h6-7,11-12H,8-10H2,1-5H3/t11-,12+. The fourth-order valence-corrected chi connectivity index (χ4v) is 3.91. The Bertz CT molecular complexity index is 977. The maximum absolute atomic E-state index is 5.83. The van der Waals surface area contributed by atoms with Crippen LogP contribution < -0.4 is 9.47 Å². The zero-order valence-electron chi connectivity index (χ0n) is 16.4. The number of morpholine rings is 1. The summed E-state index contributed by atoms with van der Waals surface area (Å²) in [5, 5.41) is 9.82. The molecule has 8 heteroatoms. The number of ether oxygens (including phenoxy) is 3. The van der Waals surface area contributed by atoms with Crippen molar-refractivity contribution >= 4 is 16.6 Å². The second-order valence-corrected chi connectivity index (χ2v) is 7.11. The quantitative estimate of drug-likeness (QED) is 0.696. The van der Waals surface area contributed by atoms with Gasteiger partial charge in [-0.05, 0) is 26.8 Å². The van der Waals surface area contributed by atoms with Gasteiger partial charge in [0.05, 0.1) is 38.5 Å². The third-order valence-electron chi connectivity index (χ3n) is 4.94. The van der Waals surface area contributed by atoms with Gasteiger partial charge in [-0.25, -0.2) is 4.98 Å². The zero-order chi connectivity index (χ0) is 19.1.